The van der Waals surface area contributed by atoms with Gasteiger partial charge in [-0.1, -0.05) is 26.2 Å². The third-order valence-corrected chi connectivity index (χ3v) is 5.37. The van der Waals surface area contributed by atoms with Crippen molar-refractivity contribution in [2.24, 2.45) is 0 Å². The van der Waals surface area contributed by atoms with E-state index in [1.54, 1.807) is 0 Å². The zero-order valence-electron chi connectivity index (χ0n) is 9.17. The van der Waals surface area contributed by atoms with Gasteiger partial charge in [-0.25, -0.2) is 8.42 Å². The Morgan fingerprint density at radius 2 is 1.79 bits per heavy atom. The van der Waals surface area contributed by atoms with Crippen LogP contribution < -0.4 is 5.32 Å². The zero-order valence-corrected chi connectivity index (χ0v) is 9.99. The summed E-state index contributed by atoms with van der Waals surface area (Å²) in [5, 5.41) is 3.19. The van der Waals surface area contributed by atoms with Gasteiger partial charge in [0.25, 0.3) is 0 Å². The highest BCUT2D eigenvalue weighted by Crippen LogP contribution is 2.34. The molecule has 14 heavy (non-hydrogen) atoms. The Balaban J connectivity index is 2.78. The van der Waals surface area contributed by atoms with Crippen molar-refractivity contribution >= 4 is 9.84 Å². The molecule has 0 bridgehead atoms. The fourth-order valence-corrected chi connectivity index (χ4v) is 3.62. The molecule has 1 aliphatic rings. The third kappa shape index (κ3) is 2.48. The van der Waals surface area contributed by atoms with E-state index >= 15 is 0 Å². The molecule has 1 aliphatic carbocycles. The van der Waals surface area contributed by atoms with Crippen molar-refractivity contribution < 1.29 is 8.42 Å². The second-order valence-corrected chi connectivity index (χ2v) is 6.71. The molecule has 4 heteroatoms. The third-order valence-electron chi connectivity index (χ3n) is 3.25. The monoisotopic (exact) mass is 219 g/mol. The van der Waals surface area contributed by atoms with E-state index in [1.807, 2.05) is 6.92 Å². The predicted octanol–water partition coefficient (Wildman–Crippen LogP) is 1.34. The van der Waals surface area contributed by atoms with Crippen molar-refractivity contribution in [2.75, 3.05) is 19.3 Å². The fraction of sp³-hybridized carbons (Fsp3) is 1.00. The van der Waals surface area contributed by atoms with Gasteiger partial charge in [0.05, 0.1) is 4.75 Å². The van der Waals surface area contributed by atoms with E-state index in [9.17, 15) is 8.42 Å². The molecule has 1 saturated carbocycles. The van der Waals surface area contributed by atoms with Crippen molar-refractivity contribution in [3.8, 4) is 0 Å². The lowest BCUT2D eigenvalue weighted by Crippen LogP contribution is -2.48. The largest absolute Gasteiger partial charge is 0.315 e. The van der Waals surface area contributed by atoms with Crippen LogP contribution in [0, 0.1) is 0 Å². The summed E-state index contributed by atoms with van der Waals surface area (Å²) < 4.78 is 23.1. The van der Waals surface area contributed by atoms with E-state index in [4.69, 9.17) is 0 Å². The lowest BCUT2D eigenvalue weighted by atomic mass is 9.88. The first-order valence-corrected chi connectivity index (χ1v) is 7.31. The standard InChI is InChI=1S/C10H21NO2S/c1-3-11-9-10(14(2,12)13)7-5-4-6-8-10/h11H,3-9H2,1-2H3. The van der Waals surface area contributed by atoms with Crippen molar-refractivity contribution in [2.45, 2.75) is 43.8 Å². The van der Waals surface area contributed by atoms with Gasteiger partial charge in [0.2, 0.25) is 0 Å². The fourth-order valence-electron chi connectivity index (χ4n) is 2.23. The molecule has 0 saturated heterocycles. The second-order valence-electron chi connectivity index (χ2n) is 4.30. The quantitative estimate of drug-likeness (QED) is 0.776. The molecule has 0 aliphatic heterocycles. The second kappa shape index (κ2) is 4.62. The minimum atomic E-state index is -2.92. The van der Waals surface area contributed by atoms with Gasteiger partial charge in [0.15, 0.2) is 9.84 Å². The van der Waals surface area contributed by atoms with Crippen LogP contribution in [0.15, 0.2) is 0 Å². The van der Waals surface area contributed by atoms with Gasteiger partial charge in [-0.3, -0.25) is 0 Å². The molecule has 1 N–H and O–H groups in total. The van der Waals surface area contributed by atoms with E-state index in [0.29, 0.717) is 6.54 Å². The van der Waals surface area contributed by atoms with Crippen LogP contribution in [0.3, 0.4) is 0 Å². The van der Waals surface area contributed by atoms with Gasteiger partial charge < -0.3 is 5.32 Å². The Morgan fingerprint density at radius 3 is 2.21 bits per heavy atom. The number of hydrogen-bond acceptors (Lipinski definition) is 3. The Hall–Kier alpha value is -0.0900. The molecule has 3 nitrogen and oxygen atoms in total. The van der Waals surface area contributed by atoms with E-state index in [1.165, 1.54) is 12.7 Å². The maximum atomic E-state index is 11.8. The maximum Gasteiger partial charge on any atom is 0.154 e. The number of sulfone groups is 1. The van der Waals surface area contributed by atoms with Crippen molar-refractivity contribution in [1.82, 2.24) is 5.32 Å². The Bertz CT molecular complexity index is 266. The molecule has 0 amide bonds. The molecule has 0 unspecified atom stereocenters. The average Bonchev–Trinajstić information content (AvgIpc) is 2.14. The molecule has 0 aromatic rings. The summed E-state index contributed by atoms with van der Waals surface area (Å²) in [6.45, 7) is 3.48. The van der Waals surface area contributed by atoms with Crippen molar-refractivity contribution in [3.05, 3.63) is 0 Å². The molecule has 0 aromatic heterocycles. The first-order chi connectivity index (χ1) is 6.52. The smallest absolute Gasteiger partial charge is 0.154 e. The Kier molecular flexibility index (Phi) is 3.95. The normalized spacial score (nSPS) is 22.1. The highest BCUT2D eigenvalue weighted by molar-refractivity contribution is 7.92. The highest BCUT2D eigenvalue weighted by atomic mass is 32.2. The van der Waals surface area contributed by atoms with Crippen LogP contribution in [0.4, 0.5) is 0 Å². The maximum absolute atomic E-state index is 11.8. The summed E-state index contributed by atoms with van der Waals surface area (Å²) in [6, 6.07) is 0. The average molecular weight is 219 g/mol. The minimum Gasteiger partial charge on any atom is -0.315 e. The summed E-state index contributed by atoms with van der Waals surface area (Å²) in [5.41, 5.74) is 0. The van der Waals surface area contributed by atoms with Gasteiger partial charge in [-0.15, -0.1) is 0 Å². The van der Waals surface area contributed by atoms with Crippen molar-refractivity contribution in [3.63, 3.8) is 0 Å². The topological polar surface area (TPSA) is 46.2 Å². The zero-order chi connectivity index (χ0) is 10.7. The molecule has 0 radical (unpaired) electrons. The summed E-state index contributed by atoms with van der Waals surface area (Å²) in [7, 11) is -2.92. The van der Waals surface area contributed by atoms with Crippen LogP contribution in [0.2, 0.25) is 0 Å². The molecule has 0 heterocycles. The lowest BCUT2D eigenvalue weighted by molar-refractivity contribution is 0.360. The molecule has 0 atom stereocenters. The van der Waals surface area contributed by atoms with Crippen LogP contribution in [-0.2, 0) is 9.84 Å². The van der Waals surface area contributed by atoms with Crippen LogP contribution >= 0.6 is 0 Å². The SMILES string of the molecule is CCNCC1(S(C)(=O)=O)CCCCC1. The molecular weight excluding hydrogens is 198 g/mol. The van der Waals surface area contributed by atoms with Gasteiger partial charge in [0.1, 0.15) is 0 Å². The number of rotatable bonds is 4. The van der Waals surface area contributed by atoms with E-state index in [2.05, 4.69) is 5.32 Å². The van der Waals surface area contributed by atoms with E-state index in [0.717, 1.165) is 32.2 Å². The first kappa shape index (κ1) is 12.0. The van der Waals surface area contributed by atoms with Crippen LogP contribution in [0.1, 0.15) is 39.0 Å². The van der Waals surface area contributed by atoms with Gasteiger partial charge in [-0.05, 0) is 19.4 Å². The highest BCUT2D eigenvalue weighted by Gasteiger charge is 2.40. The summed E-state index contributed by atoms with van der Waals surface area (Å²) in [5.74, 6) is 0. The summed E-state index contributed by atoms with van der Waals surface area (Å²) >= 11 is 0. The van der Waals surface area contributed by atoms with Crippen molar-refractivity contribution in [1.29, 1.82) is 0 Å². The van der Waals surface area contributed by atoms with Crippen LogP contribution in [-0.4, -0.2) is 32.5 Å². The molecule has 84 valence electrons. The molecule has 1 fully saturated rings. The van der Waals surface area contributed by atoms with Gasteiger partial charge >= 0.3 is 0 Å². The molecule has 1 rings (SSSR count). The van der Waals surface area contributed by atoms with E-state index in [-0.39, 0.29) is 0 Å². The van der Waals surface area contributed by atoms with Gasteiger partial charge in [-0.2, -0.15) is 0 Å². The minimum absolute atomic E-state index is 0.471. The summed E-state index contributed by atoms with van der Waals surface area (Å²) in [4.78, 5) is 0. The predicted molar refractivity (Wildman–Crippen MR) is 59.2 cm³/mol. The van der Waals surface area contributed by atoms with Gasteiger partial charge in [0, 0.05) is 12.8 Å². The molecule has 0 aromatic carbocycles. The number of nitrogens with one attached hydrogen (secondary N) is 1. The Labute approximate surface area is 87.2 Å². The first-order valence-electron chi connectivity index (χ1n) is 5.42. The Morgan fingerprint density at radius 1 is 1.21 bits per heavy atom. The summed E-state index contributed by atoms with van der Waals surface area (Å²) in [6.07, 6.45) is 6.34. The lowest BCUT2D eigenvalue weighted by Gasteiger charge is -2.35. The number of hydrogen-bond donors (Lipinski definition) is 1. The van der Waals surface area contributed by atoms with E-state index < -0.39 is 14.6 Å². The van der Waals surface area contributed by atoms with Crippen LogP contribution in [0.5, 0.6) is 0 Å². The molecule has 0 spiro atoms. The van der Waals surface area contributed by atoms with Crippen LogP contribution in [0.25, 0.3) is 0 Å². The molecular formula is C10H21NO2S.